The minimum atomic E-state index is -0.532. The number of allylic oxidation sites excluding steroid dienone is 1. The number of nitrogens with zero attached hydrogens (tertiary/aromatic N) is 3. The molecule has 8 nitrogen and oxygen atoms in total. The standard InChI is InChI=1S/C19H10BrN3O5/c20-18-10-15(23(26)27)4-6-17(18)19-7-5-16(28-19)9-13(11-21)12-2-1-3-14(8-12)22(24)25/h1-10H. The molecule has 1 heterocycles. The van der Waals surface area contributed by atoms with Crippen molar-refractivity contribution >= 4 is 39.0 Å². The highest BCUT2D eigenvalue weighted by molar-refractivity contribution is 9.10. The molecule has 1 aromatic heterocycles. The van der Waals surface area contributed by atoms with E-state index in [4.69, 9.17) is 4.42 Å². The summed E-state index contributed by atoms with van der Waals surface area (Å²) in [5, 5.41) is 31.2. The van der Waals surface area contributed by atoms with Crippen molar-refractivity contribution in [3.05, 3.63) is 90.6 Å². The number of halogens is 1. The summed E-state index contributed by atoms with van der Waals surface area (Å²) in [6.45, 7) is 0. The largest absolute Gasteiger partial charge is 0.457 e. The molecule has 0 aliphatic heterocycles. The van der Waals surface area contributed by atoms with Crippen LogP contribution in [0.1, 0.15) is 11.3 Å². The summed E-state index contributed by atoms with van der Waals surface area (Å²) in [6.07, 6.45) is 1.47. The van der Waals surface area contributed by atoms with Crippen LogP contribution in [0.15, 0.2) is 63.5 Å². The molecule has 0 unspecified atom stereocenters. The van der Waals surface area contributed by atoms with Gasteiger partial charge in [0.2, 0.25) is 0 Å². The van der Waals surface area contributed by atoms with Gasteiger partial charge in [0.15, 0.2) is 0 Å². The van der Waals surface area contributed by atoms with Crippen LogP contribution in [0.3, 0.4) is 0 Å². The summed E-state index contributed by atoms with van der Waals surface area (Å²) in [6, 6.07) is 15.4. The number of furan rings is 1. The summed E-state index contributed by atoms with van der Waals surface area (Å²) >= 11 is 3.29. The zero-order valence-electron chi connectivity index (χ0n) is 14.0. The maximum atomic E-state index is 10.9. The number of hydrogen-bond acceptors (Lipinski definition) is 6. The van der Waals surface area contributed by atoms with E-state index in [0.29, 0.717) is 27.1 Å². The second kappa shape index (κ2) is 7.85. The van der Waals surface area contributed by atoms with Crippen LogP contribution in [0.5, 0.6) is 0 Å². The molecule has 0 spiro atoms. The summed E-state index contributed by atoms with van der Waals surface area (Å²) < 4.78 is 6.21. The Morgan fingerprint density at radius 1 is 1.04 bits per heavy atom. The molecule has 0 saturated heterocycles. The van der Waals surface area contributed by atoms with Gasteiger partial charge in [-0.15, -0.1) is 0 Å². The molecular weight excluding hydrogens is 430 g/mol. The zero-order valence-corrected chi connectivity index (χ0v) is 15.6. The number of benzene rings is 2. The van der Waals surface area contributed by atoms with Gasteiger partial charge in [-0.2, -0.15) is 5.26 Å². The Kier molecular flexibility index (Phi) is 5.33. The topological polar surface area (TPSA) is 123 Å². The van der Waals surface area contributed by atoms with E-state index in [9.17, 15) is 25.5 Å². The lowest BCUT2D eigenvalue weighted by Crippen LogP contribution is -1.89. The van der Waals surface area contributed by atoms with Gasteiger partial charge in [-0.1, -0.05) is 12.1 Å². The van der Waals surface area contributed by atoms with Crippen LogP contribution in [0, 0.1) is 31.6 Å². The Morgan fingerprint density at radius 3 is 2.39 bits per heavy atom. The quantitative estimate of drug-likeness (QED) is 0.290. The summed E-state index contributed by atoms with van der Waals surface area (Å²) in [5.41, 5.74) is 1.03. The van der Waals surface area contributed by atoms with Crippen molar-refractivity contribution in [2.45, 2.75) is 0 Å². The van der Waals surface area contributed by atoms with Crippen LogP contribution < -0.4 is 0 Å². The molecule has 0 amide bonds. The maximum absolute atomic E-state index is 10.9. The van der Waals surface area contributed by atoms with E-state index in [-0.39, 0.29) is 16.9 Å². The maximum Gasteiger partial charge on any atom is 0.270 e. The average Bonchev–Trinajstić information content (AvgIpc) is 3.14. The minimum Gasteiger partial charge on any atom is -0.457 e. The van der Waals surface area contributed by atoms with Crippen molar-refractivity contribution in [1.29, 1.82) is 5.26 Å². The lowest BCUT2D eigenvalue weighted by Gasteiger charge is -2.01. The number of non-ortho nitro benzene ring substituents is 2. The molecule has 0 fully saturated rings. The van der Waals surface area contributed by atoms with Gasteiger partial charge in [0.05, 0.1) is 21.5 Å². The average molecular weight is 440 g/mol. The van der Waals surface area contributed by atoms with Crippen LogP contribution in [-0.4, -0.2) is 9.85 Å². The molecule has 28 heavy (non-hydrogen) atoms. The number of nitro benzene ring substituents is 2. The van der Waals surface area contributed by atoms with Gasteiger partial charge in [-0.05, 0) is 45.8 Å². The Hall–Kier alpha value is -3.77. The van der Waals surface area contributed by atoms with Gasteiger partial charge < -0.3 is 4.42 Å². The second-order valence-corrected chi connectivity index (χ2v) is 6.45. The van der Waals surface area contributed by atoms with E-state index in [1.54, 1.807) is 24.3 Å². The molecule has 3 rings (SSSR count). The fourth-order valence-corrected chi connectivity index (χ4v) is 3.06. The predicted octanol–water partition coefficient (Wildman–Crippen LogP) is 5.59. The van der Waals surface area contributed by atoms with Gasteiger partial charge in [0, 0.05) is 34.3 Å². The SMILES string of the molecule is N#CC(=Cc1ccc(-c2ccc([N+](=O)[O-])cc2Br)o1)c1cccc([N+](=O)[O-])c1. The highest BCUT2D eigenvalue weighted by Gasteiger charge is 2.14. The monoisotopic (exact) mass is 439 g/mol. The lowest BCUT2D eigenvalue weighted by molar-refractivity contribution is -0.385. The predicted molar refractivity (Wildman–Crippen MR) is 105 cm³/mol. The van der Waals surface area contributed by atoms with E-state index in [1.807, 2.05) is 6.07 Å². The number of hydrogen-bond donors (Lipinski definition) is 0. The molecule has 0 aliphatic carbocycles. The van der Waals surface area contributed by atoms with Crippen LogP contribution >= 0.6 is 15.9 Å². The van der Waals surface area contributed by atoms with Crippen molar-refractivity contribution in [2.75, 3.05) is 0 Å². The molecule has 3 aromatic rings. The van der Waals surface area contributed by atoms with E-state index in [2.05, 4.69) is 15.9 Å². The van der Waals surface area contributed by atoms with Gasteiger partial charge in [0.25, 0.3) is 11.4 Å². The number of rotatable bonds is 5. The molecule has 9 heteroatoms. The first-order valence-electron chi connectivity index (χ1n) is 7.80. The highest BCUT2D eigenvalue weighted by Crippen LogP contribution is 2.33. The Labute approximate surface area is 166 Å². The fourth-order valence-electron chi connectivity index (χ4n) is 2.50. The molecular formula is C19H10BrN3O5. The summed E-state index contributed by atoms with van der Waals surface area (Å²) in [7, 11) is 0. The van der Waals surface area contributed by atoms with Gasteiger partial charge >= 0.3 is 0 Å². The normalized spacial score (nSPS) is 11.1. The second-order valence-electron chi connectivity index (χ2n) is 5.60. The molecule has 0 N–H and O–H groups in total. The molecule has 2 aromatic carbocycles. The number of nitriles is 1. The molecule has 0 saturated carbocycles. The third-order valence-corrected chi connectivity index (χ3v) is 4.49. The summed E-state index contributed by atoms with van der Waals surface area (Å²) in [4.78, 5) is 20.7. The van der Waals surface area contributed by atoms with E-state index in [1.165, 1.54) is 36.4 Å². The first-order valence-corrected chi connectivity index (χ1v) is 8.59. The molecule has 0 atom stereocenters. The van der Waals surface area contributed by atoms with E-state index >= 15 is 0 Å². The zero-order chi connectivity index (χ0) is 20.3. The third-order valence-electron chi connectivity index (χ3n) is 3.83. The van der Waals surface area contributed by atoms with Crippen LogP contribution in [0.25, 0.3) is 23.0 Å². The lowest BCUT2D eigenvalue weighted by atomic mass is 10.1. The van der Waals surface area contributed by atoms with Crippen molar-refractivity contribution < 1.29 is 14.3 Å². The van der Waals surface area contributed by atoms with E-state index in [0.717, 1.165) is 0 Å². The molecule has 0 radical (unpaired) electrons. The van der Waals surface area contributed by atoms with Crippen molar-refractivity contribution in [3.8, 4) is 17.4 Å². The molecule has 0 aliphatic rings. The minimum absolute atomic E-state index is 0.0558. The first kappa shape index (κ1) is 19.0. The third kappa shape index (κ3) is 3.97. The fraction of sp³-hybridized carbons (Fsp3) is 0. The van der Waals surface area contributed by atoms with Crippen molar-refractivity contribution in [2.24, 2.45) is 0 Å². The van der Waals surface area contributed by atoms with Gasteiger partial charge in [-0.3, -0.25) is 20.2 Å². The van der Waals surface area contributed by atoms with Crippen LogP contribution in [0.4, 0.5) is 11.4 Å². The van der Waals surface area contributed by atoms with Crippen LogP contribution in [-0.2, 0) is 0 Å². The van der Waals surface area contributed by atoms with Crippen LogP contribution in [0.2, 0.25) is 0 Å². The molecule has 138 valence electrons. The van der Waals surface area contributed by atoms with Gasteiger partial charge in [-0.25, -0.2) is 0 Å². The Balaban J connectivity index is 1.95. The number of nitro groups is 2. The summed E-state index contributed by atoms with van der Waals surface area (Å²) in [5.74, 6) is 0.813. The van der Waals surface area contributed by atoms with Gasteiger partial charge in [0.1, 0.15) is 11.5 Å². The van der Waals surface area contributed by atoms with Crippen molar-refractivity contribution in [1.82, 2.24) is 0 Å². The first-order chi connectivity index (χ1) is 13.4. The smallest absolute Gasteiger partial charge is 0.270 e. The molecule has 0 bridgehead atoms. The highest BCUT2D eigenvalue weighted by atomic mass is 79.9. The Bertz CT molecular complexity index is 1160. The Morgan fingerprint density at radius 2 is 1.75 bits per heavy atom. The van der Waals surface area contributed by atoms with Crippen molar-refractivity contribution in [3.63, 3.8) is 0 Å². The van der Waals surface area contributed by atoms with E-state index < -0.39 is 9.85 Å².